The van der Waals surface area contributed by atoms with Crippen LogP contribution in [0.15, 0.2) is 24.3 Å². The highest BCUT2D eigenvalue weighted by Gasteiger charge is 2.51. The van der Waals surface area contributed by atoms with Crippen molar-refractivity contribution in [3.05, 3.63) is 33.4 Å². The van der Waals surface area contributed by atoms with Crippen molar-refractivity contribution in [1.82, 2.24) is 0 Å². The number of aryl methyl sites for hydroxylation is 1. The largest absolute Gasteiger partial charge is 0.540 e. The predicted molar refractivity (Wildman–Crippen MR) is 45.9 cm³/mol. The Balaban J connectivity index is 2.69. The Kier molecular flexibility index (Phi) is 4.18. The van der Waals surface area contributed by atoms with Crippen LogP contribution < -0.4 is 21.6 Å². The van der Waals surface area contributed by atoms with E-state index < -0.39 is 37.2 Å². The fourth-order valence-corrected chi connectivity index (χ4v) is 3.52. The summed E-state index contributed by atoms with van der Waals surface area (Å²) in [6, 6.07) is 6.46. The number of alkyl halides is 3. The van der Waals surface area contributed by atoms with Gasteiger partial charge in [0.05, 0.1) is 0 Å². The summed E-state index contributed by atoms with van der Waals surface area (Å²) >= 11 is -1.65. The van der Waals surface area contributed by atoms with Gasteiger partial charge in [0.25, 0.3) is 0 Å². The molecule has 0 amide bonds. The Morgan fingerprint density at radius 2 is 1.69 bits per heavy atom. The van der Waals surface area contributed by atoms with Crippen molar-refractivity contribution >= 4 is 10.1 Å². The number of rotatable bonds is 3. The summed E-state index contributed by atoms with van der Waals surface area (Å²) in [4.78, 5) is 0. The van der Waals surface area contributed by atoms with Gasteiger partial charge in [-0.05, 0) is 19.1 Å². The van der Waals surface area contributed by atoms with E-state index >= 15 is 0 Å². The lowest BCUT2D eigenvalue weighted by molar-refractivity contribution is -0.838. The van der Waals surface area contributed by atoms with Crippen molar-refractivity contribution in [2.75, 3.05) is 0 Å². The third kappa shape index (κ3) is 3.59. The summed E-state index contributed by atoms with van der Waals surface area (Å²) in [5.74, 6) is 0. The van der Waals surface area contributed by atoms with E-state index in [1.54, 1.807) is 24.3 Å². The van der Waals surface area contributed by atoms with Crippen LogP contribution in [0.4, 0.5) is 13.2 Å². The van der Waals surface area contributed by atoms with Gasteiger partial charge >= 0.3 is 37.2 Å². The molecule has 0 heterocycles. The Morgan fingerprint density at radius 3 is 2.12 bits per heavy atom. The molecule has 0 saturated heterocycles. The number of hydrogen-bond donors (Lipinski definition) is 0. The second-order valence-electron chi connectivity index (χ2n) is 2.84. The van der Waals surface area contributed by atoms with Gasteiger partial charge in [-0.3, -0.25) is 0 Å². The van der Waals surface area contributed by atoms with Crippen LogP contribution in [0, 0.1) is 10.5 Å². The van der Waals surface area contributed by atoms with Crippen LogP contribution in [0.5, 0.6) is 0 Å². The fourth-order valence-electron chi connectivity index (χ4n) is 0.698. The summed E-state index contributed by atoms with van der Waals surface area (Å²) in [6.07, 6.45) is 0. The maximum Gasteiger partial charge on any atom is 0.540 e. The van der Waals surface area contributed by atoms with E-state index in [0.29, 0.717) is 3.57 Å². The van der Waals surface area contributed by atoms with Gasteiger partial charge in [0.2, 0.25) is 3.57 Å². The molecule has 1 aromatic carbocycles. The van der Waals surface area contributed by atoms with E-state index in [9.17, 15) is 21.6 Å². The SMILES string of the molecule is Cc1ccc([I+]OS(=O)(=O)C(F)(F)F)cc1. The maximum atomic E-state index is 11.9. The molecule has 8 heteroatoms. The second kappa shape index (κ2) is 4.88. The Bertz CT molecular complexity index is 452. The van der Waals surface area contributed by atoms with E-state index in [1.165, 1.54) is 0 Å². The molecule has 1 aromatic rings. The van der Waals surface area contributed by atoms with E-state index in [0.717, 1.165) is 5.56 Å². The minimum atomic E-state index is -5.46. The average molecular weight is 367 g/mol. The van der Waals surface area contributed by atoms with E-state index in [2.05, 4.69) is 2.51 Å². The number of halogens is 4. The van der Waals surface area contributed by atoms with Crippen LogP contribution in [0.25, 0.3) is 0 Å². The Hall–Kier alpha value is -0.350. The minimum Gasteiger partial charge on any atom is -0.186 e. The molecule has 0 radical (unpaired) electrons. The molecule has 0 atom stereocenters. The molecule has 3 nitrogen and oxygen atoms in total. The molecule has 0 spiro atoms. The van der Waals surface area contributed by atoms with Crippen molar-refractivity contribution in [2.24, 2.45) is 0 Å². The van der Waals surface area contributed by atoms with Gasteiger partial charge in [-0.2, -0.15) is 21.6 Å². The van der Waals surface area contributed by atoms with Crippen molar-refractivity contribution in [3.8, 4) is 0 Å². The molecule has 16 heavy (non-hydrogen) atoms. The van der Waals surface area contributed by atoms with E-state index in [4.69, 9.17) is 0 Å². The molecule has 0 unspecified atom stereocenters. The molecule has 1 rings (SSSR count). The molecule has 0 N–H and O–H groups in total. The van der Waals surface area contributed by atoms with Gasteiger partial charge in [0, 0.05) is 2.51 Å². The summed E-state index contributed by atoms with van der Waals surface area (Å²) in [7, 11) is -5.46. The average Bonchev–Trinajstić information content (AvgIpc) is 2.15. The lowest BCUT2D eigenvalue weighted by Gasteiger charge is -1.99. The van der Waals surface area contributed by atoms with Crippen LogP contribution in [0.3, 0.4) is 0 Å². The van der Waals surface area contributed by atoms with Crippen LogP contribution in [-0.4, -0.2) is 13.9 Å². The molecule has 0 bridgehead atoms. The molecule has 0 saturated carbocycles. The van der Waals surface area contributed by atoms with E-state index in [1.807, 2.05) is 6.92 Å². The van der Waals surface area contributed by atoms with Gasteiger partial charge in [-0.15, -0.1) is 0 Å². The summed E-state index contributed by atoms with van der Waals surface area (Å²) < 4.78 is 61.3. The van der Waals surface area contributed by atoms with Crippen molar-refractivity contribution in [1.29, 1.82) is 0 Å². The van der Waals surface area contributed by atoms with Crippen LogP contribution in [0.2, 0.25) is 0 Å². The second-order valence-corrected chi connectivity index (χ2v) is 7.10. The van der Waals surface area contributed by atoms with Crippen molar-refractivity contribution in [3.63, 3.8) is 0 Å². The Labute approximate surface area is 102 Å². The topological polar surface area (TPSA) is 43.4 Å². The number of hydrogen-bond acceptors (Lipinski definition) is 3. The van der Waals surface area contributed by atoms with Crippen molar-refractivity contribution < 1.29 is 45.7 Å². The molecule has 0 fully saturated rings. The Morgan fingerprint density at radius 1 is 1.19 bits per heavy atom. The van der Waals surface area contributed by atoms with Gasteiger partial charge < -0.3 is 0 Å². The predicted octanol–water partition coefficient (Wildman–Crippen LogP) is -0.965. The third-order valence-corrected chi connectivity index (χ3v) is 5.48. The lowest BCUT2D eigenvalue weighted by atomic mass is 10.2. The first-order valence-electron chi connectivity index (χ1n) is 3.94. The third-order valence-electron chi connectivity index (χ3n) is 1.50. The molecule has 0 aromatic heterocycles. The van der Waals surface area contributed by atoms with E-state index in [-0.39, 0.29) is 0 Å². The van der Waals surface area contributed by atoms with Gasteiger partial charge in [0.1, 0.15) is 0 Å². The standard InChI is InChI=1S/C8H7F3IO3S/c1-6-2-4-7(5-3-6)12-15-16(13,14)8(9,10)11/h2-5H,1H3/q+1. The molecule has 0 aliphatic heterocycles. The molecular formula is C8H7F3IO3S+. The van der Waals surface area contributed by atoms with Crippen LogP contribution in [-0.2, 0) is 12.6 Å². The summed E-state index contributed by atoms with van der Waals surface area (Å²) in [5.41, 5.74) is -4.41. The minimum absolute atomic E-state index is 0.470. The first-order chi connectivity index (χ1) is 7.22. The summed E-state index contributed by atoms with van der Waals surface area (Å²) in [6.45, 7) is 1.81. The van der Waals surface area contributed by atoms with Gasteiger partial charge in [0.15, 0.2) is 0 Å². The highest BCUT2D eigenvalue weighted by atomic mass is 127. The molecular weight excluding hydrogens is 360 g/mol. The highest BCUT2D eigenvalue weighted by molar-refractivity contribution is 7.87. The van der Waals surface area contributed by atoms with Gasteiger partial charge in [-0.1, -0.05) is 17.7 Å². The first kappa shape index (κ1) is 13.7. The summed E-state index contributed by atoms with van der Waals surface area (Å²) in [5, 5.41) is 0. The molecule has 0 aliphatic carbocycles. The smallest absolute Gasteiger partial charge is 0.186 e. The van der Waals surface area contributed by atoms with Crippen LogP contribution in [0.1, 0.15) is 5.56 Å². The fraction of sp³-hybridized carbons (Fsp3) is 0.250. The van der Waals surface area contributed by atoms with Gasteiger partial charge in [-0.25, -0.2) is 0 Å². The molecule has 0 aliphatic rings. The lowest BCUT2D eigenvalue weighted by Crippen LogP contribution is -3.62. The van der Waals surface area contributed by atoms with Crippen molar-refractivity contribution in [2.45, 2.75) is 12.4 Å². The molecule has 90 valence electrons. The highest BCUT2D eigenvalue weighted by Crippen LogP contribution is 2.22. The zero-order chi connectivity index (χ0) is 12.4. The zero-order valence-corrected chi connectivity index (χ0v) is 10.9. The maximum absolute atomic E-state index is 11.9. The quantitative estimate of drug-likeness (QED) is 0.511. The first-order valence-corrected chi connectivity index (χ1v) is 7.30. The number of benzene rings is 1. The normalized spacial score (nSPS) is 12.8. The monoisotopic (exact) mass is 367 g/mol. The zero-order valence-electron chi connectivity index (χ0n) is 7.95. The van der Waals surface area contributed by atoms with Crippen LogP contribution >= 0.6 is 0 Å².